The van der Waals surface area contributed by atoms with Crippen molar-refractivity contribution in [3.05, 3.63) is 0 Å². The number of ether oxygens (including phenoxy) is 1. The summed E-state index contributed by atoms with van der Waals surface area (Å²) >= 11 is 0. The first-order valence-electron chi connectivity index (χ1n) is 5.65. The SMILES string of the molecule is CC(COC1CCCCCC1)C(=N)N. The third-order valence-electron chi connectivity index (χ3n) is 2.92. The molecule has 0 heterocycles. The van der Waals surface area contributed by atoms with Gasteiger partial charge in [0.15, 0.2) is 0 Å². The van der Waals surface area contributed by atoms with E-state index in [-0.39, 0.29) is 11.8 Å². The molecule has 1 unspecified atom stereocenters. The van der Waals surface area contributed by atoms with Crippen molar-refractivity contribution in [2.75, 3.05) is 6.61 Å². The molecule has 14 heavy (non-hydrogen) atoms. The fourth-order valence-corrected chi connectivity index (χ4v) is 1.78. The van der Waals surface area contributed by atoms with Crippen molar-refractivity contribution in [2.24, 2.45) is 11.7 Å². The van der Waals surface area contributed by atoms with Crippen LogP contribution in [0.3, 0.4) is 0 Å². The van der Waals surface area contributed by atoms with Crippen molar-refractivity contribution >= 4 is 5.84 Å². The molecule has 0 aromatic carbocycles. The molecule has 0 aromatic rings. The van der Waals surface area contributed by atoms with Gasteiger partial charge in [-0.2, -0.15) is 0 Å². The lowest BCUT2D eigenvalue weighted by Gasteiger charge is -2.18. The Morgan fingerprint density at radius 3 is 2.43 bits per heavy atom. The van der Waals surface area contributed by atoms with Gasteiger partial charge < -0.3 is 10.5 Å². The normalized spacial score (nSPS) is 21.5. The second kappa shape index (κ2) is 6.02. The Morgan fingerprint density at radius 2 is 1.93 bits per heavy atom. The van der Waals surface area contributed by atoms with Crippen LogP contribution in [0.2, 0.25) is 0 Å². The molecule has 3 nitrogen and oxygen atoms in total. The van der Waals surface area contributed by atoms with Crippen molar-refractivity contribution in [1.82, 2.24) is 0 Å². The van der Waals surface area contributed by atoms with E-state index in [9.17, 15) is 0 Å². The van der Waals surface area contributed by atoms with Gasteiger partial charge in [-0.15, -0.1) is 0 Å². The van der Waals surface area contributed by atoms with E-state index in [4.69, 9.17) is 15.9 Å². The Hall–Kier alpha value is -0.570. The highest BCUT2D eigenvalue weighted by atomic mass is 16.5. The number of amidine groups is 1. The highest BCUT2D eigenvalue weighted by Gasteiger charge is 2.14. The maximum Gasteiger partial charge on any atom is 0.0957 e. The van der Waals surface area contributed by atoms with Gasteiger partial charge in [0, 0.05) is 5.92 Å². The molecule has 1 atom stereocenters. The van der Waals surface area contributed by atoms with E-state index in [2.05, 4.69) is 0 Å². The third-order valence-corrected chi connectivity index (χ3v) is 2.92. The third kappa shape index (κ3) is 4.09. The molecule has 3 N–H and O–H groups in total. The lowest BCUT2D eigenvalue weighted by molar-refractivity contribution is 0.0341. The molecule has 82 valence electrons. The van der Waals surface area contributed by atoms with Crippen LogP contribution in [-0.4, -0.2) is 18.5 Å². The summed E-state index contributed by atoms with van der Waals surface area (Å²) in [6, 6.07) is 0. The summed E-state index contributed by atoms with van der Waals surface area (Å²) < 4.78 is 5.77. The molecule has 0 amide bonds. The van der Waals surface area contributed by atoms with Crippen molar-refractivity contribution < 1.29 is 4.74 Å². The van der Waals surface area contributed by atoms with Gasteiger partial charge in [-0.05, 0) is 12.8 Å². The van der Waals surface area contributed by atoms with Gasteiger partial charge in [0.05, 0.1) is 18.5 Å². The van der Waals surface area contributed by atoms with Crippen LogP contribution in [0.4, 0.5) is 0 Å². The maximum atomic E-state index is 7.26. The van der Waals surface area contributed by atoms with E-state index in [1.807, 2.05) is 6.92 Å². The van der Waals surface area contributed by atoms with Gasteiger partial charge in [0.2, 0.25) is 0 Å². The average molecular weight is 198 g/mol. The molecule has 3 heteroatoms. The predicted molar refractivity (Wildman–Crippen MR) is 58.5 cm³/mol. The van der Waals surface area contributed by atoms with Crippen LogP contribution in [0.1, 0.15) is 45.4 Å². The molecule has 0 radical (unpaired) electrons. The topological polar surface area (TPSA) is 59.1 Å². The summed E-state index contributed by atoms with van der Waals surface area (Å²) in [6.45, 7) is 2.55. The van der Waals surface area contributed by atoms with Gasteiger partial charge in [-0.3, -0.25) is 5.41 Å². The molecule has 1 aliphatic carbocycles. The van der Waals surface area contributed by atoms with Gasteiger partial charge >= 0.3 is 0 Å². The number of nitrogens with two attached hydrogens (primary N) is 1. The largest absolute Gasteiger partial charge is 0.387 e. The van der Waals surface area contributed by atoms with E-state index in [0.29, 0.717) is 12.7 Å². The van der Waals surface area contributed by atoms with Crippen LogP contribution < -0.4 is 5.73 Å². The molecule has 0 saturated heterocycles. The van der Waals surface area contributed by atoms with Crippen LogP contribution in [-0.2, 0) is 4.74 Å². The first kappa shape index (κ1) is 11.5. The van der Waals surface area contributed by atoms with Crippen molar-refractivity contribution in [3.8, 4) is 0 Å². The number of hydrogen-bond acceptors (Lipinski definition) is 2. The van der Waals surface area contributed by atoms with Gasteiger partial charge in [-0.25, -0.2) is 0 Å². The molecule has 0 spiro atoms. The summed E-state index contributed by atoms with van der Waals surface area (Å²) in [6.07, 6.45) is 8.07. The zero-order valence-corrected chi connectivity index (χ0v) is 9.09. The summed E-state index contributed by atoms with van der Waals surface area (Å²) in [5, 5.41) is 7.26. The molecule has 1 rings (SSSR count). The van der Waals surface area contributed by atoms with E-state index >= 15 is 0 Å². The van der Waals surface area contributed by atoms with Gasteiger partial charge in [0.1, 0.15) is 0 Å². The van der Waals surface area contributed by atoms with Crippen LogP contribution in [0, 0.1) is 11.3 Å². The Morgan fingerprint density at radius 1 is 1.36 bits per heavy atom. The van der Waals surface area contributed by atoms with Crippen LogP contribution in [0.15, 0.2) is 0 Å². The molecule has 0 aliphatic heterocycles. The molecule has 1 saturated carbocycles. The van der Waals surface area contributed by atoms with E-state index in [0.717, 1.165) is 0 Å². The maximum absolute atomic E-state index is 7.26. The van der Waals surface area contributed by atoms with Crippen molar-refractivity contribution in [1.29, 1.82) is 5.41 Å². The first-order chi connectivity index (χ1) is 6.70. The van der Waals surface area contributed by atoms with Crippen LogP contribution >= 0.6 is 0 Å². The Kier molecular flexibility index (Phi) is 4.94. The van der Waals surface area contributed by atoms with Crippen LogP contribution in [0.5, 0.6) is 0 Å². The molecule has 0 aromatic heterocycles. The van der Waals surface area contributed by atoms with E-state index in [1.54, 1.807) is 0 Å². The molecule has 1 fully saturated rings. The zero-order chi connectivity index (χ0) is 10.4. The smallest absolute Gasteiger partial charge is 0.0957 e. The quantitative estimate of drug-likeness (QED) is 0.413. The van der Waals surface area contributed by atoms with Gasteiger partial charge in [-0.1, -0.05) is 32.6 Å². The fourth-order valence-electron chi connectivity index (χ4n) is 1.78. The van der Waals surface area contributed by atoms with E-state index in [1.165, 1.54) is 38.5 Å². The number of rotatable bonds is 4. The summed E-state index contributed by atoms with van der Waals surface area (Å²) in [4.78, 5) is 0. The predicted octanol–water partition coefficient (Wildman–Crippen LogP) is 2.30. The summed E-state index contributed by atoms with van der Waals surface area (Å²) in [5.41, 5.74) is 5.39. The summed E-state index contributed by atoms with van der Waals surface area (Å²) in [7, 11) is 0. The minimum Gasteiger partial charge on any atom is -0.387 e. The lowest BCUT2D eigenvalue weighted by atomic mass is 10.1. The zero-order valence-electron chi connectivity index (χ0n) is 9.09. The molecular formula is C11H22N2O. The number of hydrogen-bond donors (Lipinski definition) is 2. The monoisotopic (exact) mass is 198 g/mol. The van der Waals surface area contributed by atoms with Crippen molar-refractivity contribution in [3.63, 3.8) is 0 Å². The Labute approximate surface area is 86.5 Å². The van der Waals surface area contributed by atoms with Crippen molar-refractivity contribution in [2.45, 2.75) is 51.6 Å². The second-order valence-corrected chi connectivity index (χ2v) is 4.30. The molecular weight excluding hydrogens is 176 g/mol. The highest BCUT2D eigenvalue weighted by molar-refractivity contribution is 5.79. The minimum atomic E-state index is 0.0678. The number of nitrogens with one attached hydrogen (secondary N) is 1. The Balaban J connectivity index is 2.18. The summed E-state index contributed by atoms with van der Waals surface area (Å²) in [5.74, 6) is 0.303. The lowest BCUT2D eigenvalue weighted by Crippen LogP contribution is -2.26. The first-order valence-corrected chi connectivity index (χ1v) is 5.65. The molecule has 1 aliphatic rings. The van der Waals surface area contributed by atoms with Gasteiger partial charge in [0.25, 0.3) is 0 Å². The van der Waals surface area contributed by atoms with Crippen LogP contribution in [0.25, 0.3) is 0 Å². The Bertz CT molecular complexity index is 174. The standard InChI is InChI=1S/C11H22N2O/c1-9(11(12)13)8-14-10-6-4-2-3-5-7-10/h9-10H,2-8H2,1H3,(H3,12,13). The second-order valence-electron chi connectivity index (χ2n) is 4.30. The average Bonchev–Trinajstić information content (AvgIpc) is 2.42. The molecule has 0 bridgehead atoms. The van der Waals surface area contributed by atoms with E-state index < -0.39 is 0 Å². The fraction of sp³-hybridized carbons (Fsp3) is 0.909. The highest BCUT2D eigenvalue weighted by Crippen LogP contribution is 2.20. The minimum absolute atomic E-state index is 0.0678.